The Bertz CT molecular complexity index is 360. The molecular formula is C18H32N2O. The van der Waals surface area contributed by atoms with Crippen molar-refractivity contribution in [2.24, 2.45) is 0 Å². The number of ether oxygens (including phenoxy) is 1. The van der Waals surface area contributed by atoms with Crippen molar-refractivity contribution < 1.29 is 4.74 Å². The van der Waals surface area contributed by atoms with Gasteiger partial charge in [-0.15, -0.1) is 0 Å². The molecule has 1 aromatic carbocycles. The molecule has 0 saturated carbocycles. The number of nitrogens with one attached hydrogen (secondary N) is 1. The van der Waals surface area contributed by atoms with E-state index >= 15 is 0 Å². The summed E-state index contributed by atoms with van der Waals surface area (Å²) in [5, 5.41) is 3.62. The van der Waals surface area contributed by atoms with Crippen LogP contribution in [0.15, 0.2) is 24.3 Å². The van der Waals surface area contributed by atoms with Crippen LogP contribution < -0.4 is 10.1 Å². The minimum Gasteiger partial charge on any atom is -0.497 e. The number of methoxy groups -OCH3 is 1. The lowest BCUT2D eigenvalue weighted by Crippen LogP contribution is -2.30. The van der Waals surface area contributed by atoms with Crippen molar-refractivity contribution in [3.8, 4) is 5.75 Å². The van der Waals surface area contributed by atoms with E-state index in [1.165, 1.54) is 24.9 Å². The Morgan fingerprint density at radius 1 is 1.14 bits per heavy atom. The van der Waals surface area contributed by atoms with E-state index in [0.29, 0.717) is 6.04 Å². The van der Waals surface area contributed by atoms with E-state index in [2.05, 4.69) is 43.1 Å². The summed E-state index contributed by atoms with van der Waals surface area (Å²) in [7, 11) is 1.70. The van der Waals surface area contributed by atoms with Gasteiger partial charge in [-0.25, -0.2) is 0 Å². The molecule has 1 rings (SSSR count). The monoisotopic (exact) mass is 292 g/mol. The molecule has 0 bridgehead atoms. The van der Waals surface area contributed by atoms with Crippen molar-refractivity contribution in [1.29, 1.82) is 0 Å². The van der Waals surface area contributed by atoms with Crippen LogP contribution in [0.4, 0.5) is 0 Å². The van der Waals surface area contributed by atoms with Crippen LogP contribution in [-0.2, 0) is 6.42 Å². The molecule has 0 saturated heterocycles. The molecule has 1 atom stereocenters. The molecule has 21 heavy (non-hydrogen) atoms. The fourth-order valence-corrected chi connectivity index (χ4v) is 2.52. The van der Waals surface area contributed by atoms with Crippen molar-refractivity contribution in [1.82, 2.24) is 10.2 Å². The molecule has 0 amide bonds. The molecule has 1 unspecified atom stereocenters. The highest BCUT2D eigenvalue weighted by Crippen LogP contribution is 2.11. The van der Waals surface area contributed by atoms with Gasteiger partial charge in [-0.05, 0) is 70.1 Å². The summed E-state index contributed by atoms with van der Waals surface area (Å²) in [4.78, 5) is 2.49. The largest absolute Gasteiger partial charge is 0.497 e. The number of hydrogen-bond acceptors (Lipinski definition) is 3. The quantitative estimate of drug-likeness (QED) is 0.677. The smallest absolute Gasteiger partial charge is 0.118 e. The SMILES string of the molecule is CCN(CC)CCCC(C)NCCc1ccc(OC)cc1. The van der Waals surface area contributed by atoms with Crippen molar-refractivity contribution in [3.63, 3.8) is 0 Å². The third-order valence-electron chi connectivity index (χ3n) is 4.07. The van der Waals surface area contributed by atoms with Crippen LogP contribution in [0.2, 0.25) is 0 Å². The second-order valence-corrected chi connectivity index (χ2v) is 5.62. The van der Waals surface area contributed by atoms with Crippen LogP contribution in [0, 0.1) is 0 Å². The molecule has 0 aliphatic heterocycles. The minimum atomic E-state index is 0.596. The average molecular weight is 292 g/mol. The molecule has 1 aromatic rings. The van der Waals surface area contributed by atoms with Gasteiger partial charge in [0.25, 0.3) is 0 Å². The topological polar surface area (TPSA) is 24.5 Å². The van der Waals surface area contributed by atoms with Crippen molar-refractivity contribution in [2.45, 2.75) is 46.1 Å². The lowest BCUT2D eigenvalue weighted by molar-refractivity contribution is 0.290. The number of hydrogen-bond donors (Lipinski definition) is 1. The van der Waals surface area contributed by atoms with E-state index in [-0.39, 0.29) is 0 Å². The standard InChI is InChI=1S/C18H32N2O/c1-5-20(6-2)15-7-8-16(3)19-14-13-17-9-11-18(21-4)12-10-17/h9-12,16,19H,5-8,13-15H2,1-4H3. The van der Waals surface area contributed by atoms with E-state index in [0.717, 1.165) is 31.8 Å². The highest BCUT2D eigenvalue weighted by molar-refractivity contribution is 5.27. The third-order valence-corrected chi connectivity index (χ3v) is 4.07. The van der Waals surface area contributed by atoms with Gasteiger partial charge >= 0.3 is 0 Å². The maximum absolute atomic E-state index is 5.17. The molecule has 1 N–H and O–H groups in total. The zero-order valence-electron chi connectivity index (χ0n) is 14.2. The molecule has 3 heteroatoms. The summed E-state index contributed by atoms with van der Waals surface area (Å²) in [6, 6.07) is 8.95. The Balaban J connectivity index is 2.13. The molecule has 0 aliphatic rings. The zero-order valence-corrected chi connectivity index (χ0v) is 14.2. The molecule has 0 spiro atoms. The zero-order chi connectivity index (χ0) is 15.5. The fraction of sp³-hybridized carbons (Fsp3) is 0.667. The molecule has 0 aromatic heterocycles. The van der Waals surface area contributed by atoms with Crippen molar-refractivity contribution in [2.75, 3.05) is 33.3 Å². The maximum Gasteiger partial charge on any atom is 0.118 e. The lowest BCUT2D eigenvalue weighted by Gasteiger charge is -2.19. The van der Waals surface area contributed by atoms with Gasteiger partial charge in [0.1, 0.15) is 5.75 Å². The van der Waals surface area contributed by atoms with Crippen LogP contribution in [-0.4, -0.2) is 44.2 Å². The first-order valence-corrected chi connectivity index (χ1v) is 8.28. The highest BCUT2D eigenvalue weighted by Gasteiger charge is 2.03. The normalized spacial score (nSPS) is 12.6. The first-order valence-electron chi connectivity index (χ1n) is 8.28. The summed E-state index contributed by atoms with van der Waals surface area (Å²) in [5.74, 6) is 0.927. The predicted octanol–water partition coefficient (Wildman–Crippen LogP) is 3.34. The number of nitrogens with zero attached hydrogens (tertiary/aromatic N) is 1. The second-order valence-electron chi connectivity index (χ2n) is 5.62. The Labute approximate surface area is 130 Å². The van der Waals surface area contributed by atoms with Gasteiger partial charge in [-0.2, -0.15) is 0 Å². The van der Waals surface area contributed by atoms with Gasteiger partial charge in [-0.1, -0.05) is 26.0 Å². The Morgan fingerprint density at radius 2 is 1.81 bits per heavy atom. The van der Waals surface area contributed by atoms with E-state index in [1.54, 1.807) is 7.11 Å². The molecular weight excluding hydrogens is 260 g/mol. The summed E-state index contributed by atoms with van der Waals surface area (Å²) in [5.41, 5.74) is 1.36. The van der Waals surface area contributed by atoms with Gasteiger partial charge in [-0.3, -0.25) is 0 Å². The Hall–Kier alpha value is -1.06. The number of rotatable bonds is 11. The molecule has 0 heterocycles. The first kappa shape index (κ1) is 18.0. The van der Waals surface area contributed by atoms with Crippen LogP contribution in [0.1, 0.15) is 39.2 Å². The van der Waals surface area contributed by atoms with Crippen molar-refractivity contribution >= 4 is 0 Å². The van der Waals surface area contributed by atoms with Crippen LogP contribution in [0.5, 0.6) is 5.75 Å². The van der Waals surface area contributed by atoms with E-state index < -0.39 is 0 Å². The Kier molecular flexibility index (Phi) is 9.11. The first-order chi connectivity index (χ1) is 10.2. The van der Waals surface area contributed by atoms with Crippen LogP contribution in [0.25, 0.3) is 0 Å². The van der Waals surface area contributed by atoms with Gasteiger partial charge in [0, 0.05) is 6.04 Å². The van der Waals surface area contributed by atoms with Gasteiger partial charge in [0.2, 0.25) is 0 Å². The van der Waals surface area contributed by atoms with E-state index in [9.17, 15) is 0 Å². The predicted molar refractivity (Wildman–Crippen MR) is 91.2 cm³/mol. The van der Waals surface area contributed by atoms with Crippen molar-refractivity contribution in [3.05, 3.63) is 29.8 Å². The van der Waals surface area contributed by atoms with Crippen LogP contribution in [0.3, 0.4) is 0 Å². The van der Waals surface area contributed by atoms with E-state index in [1.807, 2.05) is 12.1 Å². The summed E-state index contributed by atoms with van der Waals surface area (Å²) in [6.07, 6.45) is 3.60. The summed E-state index contributed by atoms with van der Waals surface area (Å²) in [6.45, 7) is 11.3. The average Bonchev–Trinajstić information content (AvgIpc) is 2.52. The van der Waals surface area contributed by atoms with Crippen LogP contribution >= 0.6 is 0 Å². The third kappa shape index (κ3) is 7.49. The minimum absolute atomic E-state index is 0.596. The van der Waals surface area contributed by atoms with E-state index in [4.69, 9.17) is 4.74 Å². The highest BCUT2D eigenvalue weighted by atomic mass is 16.5. The van der Waals surface area contributed by atoms with Gasteiger partial charge < -0.3 is 15.0 Å². The molecule has 3 nitrogen and oxygen atoms in total. The second kappa shape index (κ2) is 10.6. The summed E-state index contributed by atoms with van der Waals surface area (Å²) >= 11 is 0. The molecule has 0 fully saturated rings. The fourth-order valence-electron chi connectivity index (χ4n) is 2.52. The molecule has 0 aliphatic carbocycles. The number of benzene rings is 1. The molecule has 0 radical (unpaired) electrons. The van der Waals surface area contributed by atoms with Gasteiger partial charge in [0.05, 0.1) is 7.11 Å². The summed E-state index contributed by atoms with van der Waals surface area (Å²) < 4.78 is 5.17. The molecule has 120 valence electrons. The Morgan fingerprint density at radius 3 is 2.38 bits per heavy atom. The lowest BCUT2D eigenvalue weighted by atomic mass is 10.1. The maximum atomic E-state index is 5.17. The van der Waals surface area contributed by atoms with Gasteiger partial charge in [0.15, 0.2) is 0 Å².